The Balaban J connectivity index is 1.22. The predicted octanol–water partition coefficient (Wildman–Crippen LogP) is 2.91. The van der Waals surface area contributed by atoms with E-state index in [-0.39, 0.29) is 5.97 Å². The third kappa shape index (κ3) is 4.27. The second-order valence-electron chi connectivity index (χ2n) is 8.30. The molecule has 3 aromatic rings. The van der Waals surface area contributed by atoms with E-state index in [0.717, 1.165) is 66.2 Å². The summed E-state index contributed by atoms with van der Waals surface area (Å²) < 4.78 is 6.78. The first-order valence-corrected chi connectivity index (χ1v) is 11.0. The van der Waals surface area contributed by atoms with Crippen molar-refractivity contribution in [2.45, 2.75) is 26.4 Å². The first-order valence-electron chi connectivity index (χ1n) is 11.0. The summed E-state index contributed by atoms with van der Waals surface area (Å²) in [4.78, 5) is 14.1. The lowest BCUT2D eigenvalue weighted by Gasteiger charge is -2.30. The van der Waals surface area contributed by atoms with Crippen molar-refractivity contribution in [2.75, 3.05) is 25.0 Å². The molecular weight excluding hydrogens is 418 g/mol. The van der Waals surface area contributed by atoms with Gasteiger partial charge in [-0.2, -0.15) is 0 Å². The minimum atomic E-state index is -0.221. The summed E-state index contributed by atoms with van der Waals surface area (Å²) in [6.45, 7) is 5.01. The molecule has 168 valence electrons. The topological polar surface area (TPSA) is 109 Å². The van der Waals surface area contributed by atoms with Gasteiger partial charge in [-0.25, -0.2) is 9.48 Å². The summed E-state index contributed by atoms with van der Waals surface area (Å²) in [7, 11) is 0. The van der Waals surface area contributed by atoms with Gasteiger partial charge in [-0.15, -0.1) is 5.10 Å². The molecule has 2 aliphatic rings. The monoisotopic (exact) mass is 443 g/mol. The van der Waals surface area contributed by atoms with Crippen LogP contribution in [-0.4, -0.2) is 56.9 Å². The van der Waals surface area contributed by atoms with E-state index in [1.54, 1.807) is 11.0 Å². The summed E-state index contributed by atoms with van der Waals surface area (Å²) in [6.07, 6.45) is 4.77. The standard InChI is InChI=1S/C24H25N7O2/c1-16-17(2-7-21-22(16)14-33-24(21)32)8-10-30-11-9-23(18(12-25)13-30)27-19-3-5-20(6-4-19)31-15-26-28-29-31/h2-7,12,15,25,27H,8-11,13-14H2,1H3. The number of aromatic nitrogens is 4. The molecule has 0 spiro atoms. The quantitative estimate of drug-likeness (QED) is 0.427. The molecule has 2 aliphatic heterocycles. The van der Waals surface area contributed by atoms with Crippen molar-refractivity contribution in [3.8, 4) is 5.69 Å². The summed E-state index contributed by atoms with van der Waals surface area (Å²) in [5.74, 6) is -0.221. The van der Waals surface area contributed by atoms with Gasteiger partial charge in [0.05, 0.1) is 11.3 Å². The number of tetrazole rings is 1. The van der Waals surface area contributed by atoms with E-state index in [9.17, 15) is 4.79 Å². The predicted molar refractivity (Wildman–Crippen MR) is 124 cm³/mol. The number of cyclic esters (lactones) is 1. The van der Waals surface area contributed by atoms with Crippen molar-refractivity contribution in [1.82, 2.24) is 25.1 Å². The second kappa shape index (κ2) is 8.95. The zero-order valence-electron chi connectivity index (χ0n) is 18.4. The lowest BCUT2D eigenvalue weighted by molar-refractivity contribution is 0.0535. The number of nitrogens with one attached hydrogen (secondary N) is 2. The van der Waals surface area contributed by atoms with Gasteiger partial charge in [-0.05, 0) is 65.2 Å². The van der Waals surface area contributed by atoms with Crippen LogP contribution in [0.5, 0.6) is 0 Å². The fraction of sp³-hybridized carbons (Fsp3) is 0.292. The molecule has 1 aromatic heterocycles. The number of ether oxygens (including phenoxy) is 1. The van der Waals surface area contributed by atoms with Gasteiger partial charge >= 0.3 is 5.97 Å². The second-order valence-corrected chi connectivity index (χ2v) is 8.30. The number of benzene rings is 2. The molecule has 9 nitrogen and oxygen atoms in total. The number of carbonyl (C=O) groups is 1. The number of fused-ring (bicyclic) bond motifs is 1. The zero-order valence-corrected chi connectivity index (χ0v) is 18.4. The molecule has 2 aromatic carbocycles. The van der Waals surface area contributed by atoms with Crippen LogP contribution < -0.4 is 5.32 Å². The van der Waals surface area contributed by atoms with Crippen molar-refractivity contribution in [1.29, 1.82) is 5.41 Å². The molecule has 0 atom stereocenters. The fourth-order valence-corrected chi connectivity index (χ4v) is 4.41. The van der Waals surface area contributed by atoms with Crippen LogP contribution in [0.15, 0.2) is 54.0 Å². The highest BCUT2D eigenvalue weighted by atomic mass is 16.5. The van der Waals surface area contributed by atoms with Gasteiger partial charge in [0.25, 0.3) is 0 Å². The molecule has 0 saturated heterocycles. The summed E-state index contributed by atoms with van der Waals surface area (Å²) in [5.41, 5.74) is 8.07. The highest BCUT2D eigenvalue weighted by Gasteiger charge is 2.24. The largest absolute Gasteiger partial charge is 0.457 e. The Morgan fingerprint density at radius 2 is 2.06 bits per heavy atom. The summed E-state index contributed by atoms with van der Waals surface area (Å²) >= 11 is 0. The Kier molecular flexibility index (Phi) is 5.70. The van der Waals surface area contributed by atoms with Crippen molar-refractivity contribution in [3.63, 3.8) is 0 Å². The first kappa shape index (κ1) is 21.0. The average molecular weight is 444 g/mol. The van der Waals surface area contributed by atoms with Crippen molar-refractivity contribution in [3.05, 3.63) is 76.2 Å². The number of rotatable bonds is 7. The van der Waals surface area contributed by atoms with Crippen molar-refractivity contribution >= 4 is 17.9 Å². The maximum atomic E-state index is 11.8. The molecule has 9 heteroatoms. The van der Waals surface area contributed by atoms with Crippen LogP contribution in [0.25, 0.3) is 5.69 Å². The molecule has 0 saturated carbocycles. The van der Waals surface area contributed by atoms with Crippen LogP contribution in [0.2, 0.25) is 0 Å². The van der Waals surface area contributed by atoms with Gasteiger partial charge in [-0.1, -0.05) is 6.07 Å². The molecule has 5 rings (SSSR count). The fourth-order valence-electron chi connectivity index (χ4n) is 4.41. The van der Waals surface area contributed by atoms with Gasteiger partial charge < -0.3 is 15.5 Å². The molecule has 0 radical (unpaired) electrons. The van der Waals surface area contributed by atoms with Crippen LogP contribution >= 0.6 is 0 Å². The van der Waals surface area contributed by atoms with Crippen LogP contribution in [0, 0.1) is 12.3 Å². The number of esters is 1. The van der Waals surface area contributed by atoms with Gasteiger partial charge in [0.2, 0.25) is 0 Å². The third-order valence-electron chi connectivity index (χ3n) is 6.39. The van der Waals surface area contributed by atoms with Crippen LogP contribution in [0.3, 0.4) is 0 Å². The Hall–Kier alpha value is -3.85. The smallest absolute Gasteiger partial charge is 0.338 e. The molecule has 0 amide bonds. The average Bonchev–Trinajstić information content (AvgIpc) is 3.51. The highest BCUT2D eigenvalue weighted by molar-refractivity contribution is 5.93. The molecule has 0 fully saturated rings. The molecule has 0 unspecified atom stereocenters. The Morgan fingerprint density at radius 1 is 1.21 bits per heavy atom. The minimum Gasteiger partial charge on any atom is -0.457 e. The Morgan fingerprint density at radius 3 is 2.82 bits per heavy atom. The van der Waals surface area contributed by atoms with E-state index in [4.69, 9.17) is 10.1 Å². The van der Waals surface area contributed by atoms with E-state index in [2.05, 4.69) is 32.7 Å². The van der Waals surface area contributed by atoms with Crippen LogP contribution in [0.4, 0.5) is 5.69 Å². The van der Waals surface area contributed by atoms with Gasteiger partial charge in [0.1, 0.15) is 12.9 Å². The van der Waals surface area contributed by atoms with Gasteiger partial charge in [0.15, 0.2) is 0 Å². The molecule has 0 aliphatic carbocycles. The van der Waals surface area contributed by atoms with Gasteiger partial charge in [0, 0.05) is 54.8 Å². The Bertz CT molecular complexity index is 1220. The molecular formula is C24H25N7O2. The van der Waals surface area contributed by atoms with E-state index in [1.807, 2.05) is 36.4 Å². The van der Waals surface area contributed by atoms with E-state index in [1.165, 1.54) is 11.8 Å². The van der Waals surface area contributed by atoms with Crippen LogP contribution in [-0.2, 0) is 17.8 Å². The highest BCUT2D eigenvalue weighted by Crippen LogP contribution is 2.27. The number of hydrogen-bond acceptors (Lipinski definition) is 8. The minimum absolute atomic E-state index is 0.221. The molecule has 3 heterocycles. The normalized spacial score (nSPS) is 16.0. The zero-order chi connectivity index (χ0) is 22.8. The number of nitrogens with zero attached hydrogens (tertiary/aromatic N) is 5. The summed E-state index contributed by atoms with van der Waals surface area (Å²) in [6, 6.07) is 11.8. The van der Waals surface area contributed by atoms with E-state index in [0.29, 0.717) is 12.2 Å². The van der Waals surface area contributed by atoms with E-state index >= 15 is 0 Å². The van der Waals surface area contributed by atoms with Crippen molar-refractivity contribution in [2.24, 2.45) is 0 Å². The third-order valence-corrected chi connectivity index (χ3v) is 6.39. The van der Waals surface area contributed by atoms with Crippen molar-refractivity contribution < 1.29 is 9.53 Å². The number of anilines is 1. The van der Waals surface area contributed by atoms with Gasteiger partial charge in [-0.3, -0.25) is 4.90 Å². The Labute approximate surface area is 191 Å². The number of carbonyl (C=O) groups excluding carboxylic acids is 1. The molecule has 33 heavy (non-hydrogen) atoms. The maximum absolute atomic E-state index is 11.8. The lowest BCUT2D eigenvalue weighted by atomic mass is 9.96. The maximum Gasteiger partial charge on any atom is 0.338 e. The van der Waals surface area contributed by atoms with Crippen LogP contribution in [0.1, 0.15) is 33.5 Å². The summed E-state index contributed by atoms with van der Waals surface area (Å²) in [5, 5.41) is 22.6. The molecule has 0 bridgehead atoms. The lowest BCUT2D eigenvalue weighted by Crippen LogP contribution is -2.35. The molecule has 2 N–H and O–H groups in total. The van der Waals surface area contributed by atoms with E-state index < -0.39 is 0 Å². The number of hydrogen-bond donors (Lipinski definition) is 2. The first-order chi connectivity index (χ1) is 16.1. The SMILES string of the molecule is Cc1c(CCN2CCC(Nc3ccc(-n4cnnn4)cc3)=C(C=N)C2)ccc2c1COC2=O.